The van der Waals surface area contributed by atoms with E-state index in [9.17, 15) is 0 Å². The van der Waals surface area contributed by atoms with Crippen molar-refractivity contribution in [3.8, 4) is 0 Å². The van der Waals surface area contributed by atoms with Gasteiger partial charge in [-0.3, -0.25) is 4.99 Å². The average Bonchev–Trinajstić information content (AvgIpc) is 3.32. The summed E-state index contributed by atoms with van der Waals surface area (Å²) in [6, 6.07) is 33.6. The molecule has 0 aromatic heterocycles. The molecule has 0 saturated heterocycles. The van der Waals surface area contributed by atoms with Gasteiger partial charge in [-0.15, -0.1) is 0 Å². The molecule has 0 aliphatic carbocycles. The Bertz CT molecular complexity index is 655. The van der Waals surface area contributed by atoms with Crippen molar-refractivity contribution in [1.29, 1.82) is 0 Å². The Morgan fingerprint density at radius 3 is 2.39 bits per heavy atom. The normalized spacial score (nSPS) is 15.7. The fourth-order valence-corrected chi connectivity index (χ4v) is 2.05. The molecule has 118 valence electrons. The number of rotatable bonds is 3. The van der Waals surface area contributed by atoms with Gasteiger partial charge < -0.3 is 64.9 Å². The Hall–Kier alpha value is -2.09. The van der Waals surface area contributed by atoms with Crippen LogP contribution in [0.4, 0.5) is 0 Å². The van der Waals surface area contributed by atoms with Crippen molar-refractivity contribution in [1.82, 2.24) is 0 Å². The second-order valence-electron chi connectivity index (χ2n) is 4.65. The zero-order chi connectivity index (χ0) is 15.0. The van der Waals surface area contributed by atoms with Crippen LogP contribution in [0.25, 0.3) is 0 Å². The molecule has 0 unspecified atom stereocenters. The first-order chi connectivity index (χ1) is 10.9. The predicted molar refractivity (Wildman–Crippen MR) is 81.2 cm³/mol. The molecule has 1 atom stereocenters. The third-order valence-corrected chi connectivity index (χ3v) is 3.03. The largest absolute Gasteiger partial charge is 2.00 e. The number of ether oxygens (including phenoxy) is 1. The fraction of sp³-hybridized carbons (Fsp3) is 0.150. The molecule has 0 radical (unpaired) electrons. The smallest absolute Gasteiger partial charge is 0.999 e. The fourth-order valence-electron chi connectivity index (χ4n) is 2.05. The summed E-state index contributed by atoms with van der Waals surface area (Å²) in [5.41, 5.74) is 2.00. The molecular formula is C20H11FeNO-8. The number of hydrogen-bond acceptors (Lipinski definition) is 2. The van der Waals surface area contributed by atoms with E-state index in [0.717, 1.165) is 12.0 Å². The summed E-state index contributed by atoms with van der Waals surface area (Å²) in [4.78, 5) is 4.52. The van der Waals surface area contributed by atoms with Crippen LogP contribution in [0.5, 0.6) is 0 Å². The van der Waals surface area contributed by atoms with Gasteiger partial charge in [0.05, 0.1) is 6.04 Å². The van der Waals surface area contributed by atoms with E-state index in [1.54, 1.807) is 6.07 Å². The van der Waals surface area contributed by atoms with E-state index in [1.807, 2.05) is 18.2 Å². The average molecular weight is 337 g/mol. The molecule has 0 N–H and O–H groups in total. The van der Waals surface area contributed by atoms with Gasteiger partial charge in [-0.05, 0) is 17.9 Å². The van der Waals surface area contributed by atoms with Crippen molar-refractivity contribution in [2.45, 2.75) is 12.5 Å². The maximum atomic E-state index is 5.53. The van der Waals surface area contributed by atoms with Gasteiger partial charge >= 0.3 is 17.1 Å². The molecule has 2 nitrogen and oxygen atoms in total. The Morgan fingerprint density at radius 1 is 1.09 bits per heavy atom. The summed E-state index contributed by atoms with van der Waals surface area (Å²) in [5.74, 6) is 0.614. The van der Waals surface area contributed by atoms with Crippen molar-refractivity contribution < 1.29 is 21.8 Å². The first-order valence-corrected chi connectivity index (χ1v) is 6.88. The van der Waals surface area contributed by atoms with Crippen molar-refractivity contribution in [2.75, 3.05) is 6.61 Å². The molecule has 1 aliphatic rings. The SMILES string of the molecule is [Fe+2].[c-]1[c-][c-][c-](C2=N[C@@H](Cc3ccccc3)CO2)[c-]1.[c-]1[c-][c-][cH-][c-]1. The topological polar surface area (TPSA) is 21.6 Å². The third kappa shape index (κ3) is 5.24. The van der Waals surface area contributed by atoms with Gasteiger partial charge in [-0.1, -0.05) is 30.3 Å². The van der Waals surface area contributed by atoms with Crippen LogP contribution in [-0.2, 0) is 28.2 Å². The Kier molecular flexibility index (Phi) is 6.86. The van der Waals surface area contributed by atoms with Crippen molar-refractivity contribution in [2.24, 2.45) is 4.99 Å². The molecule has 0 bridgehead atoms. The number of aliphatic imine (C=N–C) groups is 1. The summed E-state index contributed by atoms with van der Waals surface area (Å²) in [5, 5.41) is 0. The Labute approximate surface area is 148 Å². The monoisotopic (exact) mass is 337 g/mol. The van der Waals surface area contributed by atoms with Crippen LogP contribution in [0.3, 0.4) is 0 Å². The quantitative estimate of drug-likeness (QED) is 0.532. The molecule has 4 rings (SSSR count). The summed E-state index contributed by atoms with van der Waals surface area (Å²) in [6.45, 7) is 0.622. The molecule has 3 heteroatoms. The second kappa shape index (κ2) is 9.14. The van der Waals surface area contributed by atoms with E-state index in [1.165, 1.54) is 5.56 Å². The second-order valence-corrected chi connectivity index (χ2v) is 4.65. The number of hydrogen-bond donors (Lipinski definition) is 0. The van der Waals surface area contributed by atoms with E-state index >= 15 is 0 Å². The van der Waals surface area contributed by atoms with Gasteiger partial charge in [-0.2, -0.15) is 0 Å². The van der Waals surface area contributed by atoms with Crippen molar-refractivity contribution in [3.05, 3.63) is 96.1 Å². The maximum Gasteiger partial charge on any atom is 2.00 e. The Balaban J connectivity index is 0.000000276. The first-order valence-electron chi connectivity index (χ1n) is 6.88. The van der Waals surface area contributed by atoms with Gasteiger partial charge in [0, 0.05) is 0 Å². The van der Waals surface area contributed by atoms with Gasteiger partial charge in [0.25, 0.3) is 0 Å². The standard InChI is InChI=1S/C15H10NO.C5H.Fe/c1-2-6-12(7-3-1)10-14-11-17-15(16-14)13-8-4-5-9-13;1-2-4-5-3-1;/h1-3,6-7,14H,10-11H2;1H;/q2*-5;+2/t14-;;/m0../s1. The third-order valence-electron chi connectivity index (χ3n) is 3.03. The Morgan fingerprint density at radius 2 is 1.78 bits per heavy atom. The minimum absolute atomic E-state index is 0. The molecule has 0 saturated carbocycles. The summed E-state index contributed by atoms with van der Waals surface area (Å²) in [7, 11) is 0. The van der Waals surface area contributed by atoms with Crippen LogP contribution < -0.4 is 0 Å². The van der Waals surface area contributed by atoms with Crippen LogP contribution in [0.2, 0.25) is 0 Å². The summed E-state index contributed by atoms with van der Waals surface area (Å²) >= 11 is 0. The van der Waals surface area contributed by atoms with E-state index in [2.05, 4.69) is 65.7 Å². The minimum Gasteiger partial charge on any atom is -0.999 e. The molecule has 3 aromatic carbocycles. The maximum absolute atomic E-state index is 5.53. The van der Waals surface area contributed by atoms with Gasteiger partial charge in [0.1, 0.15) is 6.61 Å². The molecule has 23 heavy (non-hydrogen) atoms. The van der Waals surface area contributed by atoms with E-state index in [0.29, 0.717) is 12.5 Å². The predicted octanol–water partition coefficient (Wildman–Crippen LogP) is 2.60. The van der Waals surface area contributed by atoms with Crippen LogP contribution in [0, 0.1) is 48.5 Å². The van der Waals surface area contributed by atoms with E-state index < -0.39 is 0 Å². The van der Waals surface area contributed by atoms with E-state index in [-0.39, 0.29) is 23.1 Å². The van der Waals surface area contributed by atoms with Crippen LogP contribution >= 0.6 is 0 Å². The zero-order valence-electron chi connectivity index (χ0n) is 12.2. The summed E-state index contributed by atoms with van der Waals surface area (Å²) < 4.78 is 5.53. The molecule has 3 aromatic rings. The molecular weight excluding hydrogens is 326 g/mol. The van der Waals surface area contributed by atoms with E-state index in [4.69, 9.17) is 4.74 Å². The van der Waals surface area contributed by atoms with Crippen molar-refractivity contribution in [3.63, 3.8) is 0 Å². The van der Waals surface area contributed by atoms with Crippen LogP contribution in [0.15, 0.2) is 41.4 Å². The number of benzene rings is 1. The number of nitrogens with zero attached hydrogens (tertiary/aromatic N) is 1. The molecule has 0 spiro atoms. The molecule has 1 aliphatic heterocycles. The van der Waals surface area contributed by atoms with Gasteiger partial charge in [-0.25, -0.2) is 0 Å². The van der Waals surface area contributed by atoms with Crippen LogP contribution in [0.1, 0.15) is 11.1 Å². The molecule has 0 amide bonds. The molecule has 0 fully saturated rings. The molecule has 1 heterocycles. The van der Waals surface area contributed by atoms with Crippen LogP contribution in [-0.4, -0.2) is 18.5 Å². The van der Waals surface area contributed by atoms with Gasteiger partial charge in [0.15, 0.2) is 0 Å². The van der Waals surface area contributed by atoms with Crippen molar-refractivity contribution >= 4 is 5.90 Å². The zero-order valence-corrected chi connectivity index (χ0v) is 13.3. The minimum atomic E-state index is 0. The summed E-state index contributed by atoms with van der Waals surface area (Å²) in [6.07, 6.45) is 0.901. The first kappa shape index (κ1) is 17.3. The van der Waals surface area contributed by atoms with Gasteiger partial charge in [0.2, 0.25) is 0 Å².